The fraction of sp³-hybridized carbons (Fsp3) is 0.632. The van der Waals surface area contributed by atoms with Gasteiger partial charge in [-0.2, -0.15) is 4.31 Å². The predicted molar refractivity (Wildman–Crippen MR) is 114 cm³/mol. The van der Waals surface area contributed by atoms with Crippen LogP contribution in [0.5, 0.6) is 0 Å². The number of carbonyl (C=O) groups excluding carboxylic acids is 3. The first kappa shape index (κ1) is 25.1. The number of esters is 1. The highest BCUT2D eigenvalue weighted by Gasteiger charge is 2.31. The summed E-state index contributed by atoms with van der Waals surface area (Å²) in [6.45, 7) is 6.55. The molecule has 0 radical (unpaired) electrons. The number of hydrogen-bond donors (Lipinski definition) is 1. The van der Waals surface area contributed by atoms with Crippen LogP contribution in [0.25, 0.3) is 0 Å². The average Bonchev–Trinajstić information content (AvgIpc) is 3.20. The van der Waals surface area contributed by atoms with E-state index in [9.17, 15) is 22.8 Å². The molecule has 10 nitrogen and oxygen atoms in total. The fourth-order valence-corrected chi connectivity index (χ4v) is 5.61. The van der Waals surface area contributed by atoms with E-state index < -0.39 is 27.7 Å². The highest BCUT2D eigenvalue weighted by Crippen LogP contribution is 2.25. The Balaban J connectivity index is 1.78. The molecule has 2 heterocycles. The Morgan fingerprint density at radius 1 is 1.16 bits per heavy atom. The van der Waals surface area contributed by atoms with E-state index in [4.69, 9.17) is 4.74 Å². The molecule has 1 aliphatic rings. The van der Waals surface area contributed by atoms with Crippen LogP contribution in [0.1, 0.15) is 44.0 Å². The van der Waals surface area contributed by atoms with Crippen LogP contribution in [0, 0.1) is 0 Å². The van der Waals surface area contributed by atoms with Crippen molar-refractivity contribution in [1.29, 1.82) is 0 Å². The molecule has 0 unspecified atom stereocenters. The quantitative estimate of drug-likeness (QED) is 0.470. The highest BCUT2D eigenvalue weighted by molar-refractivity contribution is 7.91. The molecule has 31 heavy (non-hydrogen) atoms. The maximum atomic E-state index is 12.8. The van der Waals surface area contributed by atoms with Crippen molar-refractivity contribution in [2.45, 2.75) is 43.4 Å². The summed E-state index contributed by atoms with van der Waals surface area (Å²) in [6.07, 6.45) is 0.181. The van der Waals surface area contributed by atoms with Crippen molar-refractivity contribution in [1.82, 2.24) is 14.5 Å². The van der Waals surface area contributed by atoms with Gasteiger partial charge in [-0.25, -0.2) is 18.0 Å². The Hall–Kier alpha value is -2.18. The standard InChI is InChI=1S/C19H29N3O7S2/c1-19(2,3)29-18(25)20-7-5-6-15(23)21-8-10-22(11-9-21)31(26,27)16-12-14(13-30-16)17(24)28-4/h12-13H,5-11H2,1-4H3,(H,20,25). The molecule has 0 bridgehead atoms. The number of ether oxygens (including phenoxy) is 2. The van der Waals surface area contributed by atoms with Crippen LogP contribution in [0.4, 0.5) is 4.79 Å². The number of sulfonamides is 1. The predicted octanol–water partition coefficient (Wildman–Crippen LogP) is 1.67. The number of alkyl carbamates (subject to hydrolysis) is 1. The minimum atomic E-state index is -3.73. The lowest BCUT2D eigenvalue weighted by Gasteiger charge is -2.33. The van der Waals surface area contributed by atoms with Crippen LogP contribution in [0.15, 0.2) is 15.7 Å². The van der Waals surface area contributed by atoms with Crippen LogP contribution < -0.4 is 5.32 Å². The number of amides is 2. The molecular weight excluding hydrogens is 446 g/mol. The number of rotatable bonds is 7. The van der Waals surface area contributed by atoms with Crippen LogP contribution in [0.3, 0.4) is 0 Å². The molecule has 1 fully saturated rings. The number of nitrogens with one attached hydrogen (secondary N) is 1. The Labute approximate surface area is 186 Å². The number of piperazine rings is 1. The Kier molecular flexibility index (Phi) is 8.43. The molecule has 2 amide bonds. The fourth-order valence-electron chi connectivity index (χ4n) is 2.88. The number of nitrogens with zero attached hydrogens (tertiary/aromatic N) is 2. The molecule has 1 aromatic heterocycles. The Bertz CT molecular complexity index is 898. The van der Waals surface area contributed by atoms with Crippen LogP contribution >= 0.6 is 11.3 Å². The zero-order chi connectivity index (χ0) is 23.2. The van der Waals surface area contributed by atoms with Gasteiger partial charge in [-0.1, -0.05) is 0 Å². The largest absolute Gasteiger partial charge is 0.465 e. The molecule has 0 atom stereocenters. The van der Waals surface area contributed by atoms with E-state index in [-0.39, 0.29) is 48.3 Å². The first-order chi connectivity index (χ1) is 14.4. The van der Waals surface area contributed by atoms with Gasteiger partial charge in [0.2, 0.25) is 5.91 Å². The summed E-state index contributed by atoms with van der Waals surface area (Å²) in [6, 6.07) is 1.31. The average molecular weight is 476 g/mol. The minimum Gasteiger partial charge on any atom is -0.465 e. The van der Waals surface area contributed by atoms with Crippen molar-refractivity contribution < 1.29 is 32.3 Å². The van der Waals surface area contributed by atoms with Gasteiger partial charge in [-0.3, -0.25) is 4.79 Å². The lowest BCUT2D eigenvalue weighted by Crippen LogP contribution is -2.50. The Morgan fingerprint density at radius 3 is 2.39 bits per heavy atom. The van der Waals surface area contributed by atoms with Gasteiger partial charge < -0.3 is 19.7 Å². The summed E-state index contributed by atoms with van der Waals surface area (Å²) >= 11 is 0.964. The second-order valence-electron chi connectivity index (χ2n) is 7.96. The van der Waals surface area contributed by atoms with E-state index >= 15 is 0 Å². The van der Waals surface area contributed by atoms with Crippen LogP contribution in [-0.4, -0.2) is 81.0 Å². The molecule has 2 rings (SSSR count). The first-order valence-electron chi connectivity index (χ1n) is 9.85. The molecule has 0 aliphatic carbocycles. The number of methoxy groups -OCH3 is 1. The van der Waals surface area contributed by atoms with Crippen molar-refractivity contribution in [3.05, 3.63) is 17.0 Å². The van der Waals surface area contributed by atoms with E-state index in [0.29, 0.717) is 13.0 Å². The number of carbonyl (C=O) groups is 3. The molecule has 0 spiro atoms. The molecular formula is C19H29N3O7S2. The Morgan fingerprint density at radius 2 is 1.81 bits per heavy atom. The monoisotopic (exact) mass is 475 g/mol. The molecule has 1 saturated heterocycles. The third kappa shape index (κ3) is 7.18. The molecule has 0 saturated carbocycles. The van der Waals surface area contributed by atoms with Gasteiger partial charge in [0, 0.05) is 44.5 Å². The summed E-state index contributed by atoms with van der Waals surface area (Å²) in [5.41, 5.74) is -0.385. The van der Waals surface area contributed by atoms with E-state index in [1.807, 2.05) is 0 Å². The second kappa shape index (κ2) is 10.4. The van der Waals surface area contributed by atoms with Crippen LogP contribution in [-0.2, 0) is 24.3 Å². The lowest BCUT2D eigenvalue weighted by atomic mass is 10.2. The molecule has 1 aliphatic heterocycles. The van der Waals surface area contributed by atoms with E-state index in [2.05, 4.69) is 10.1 Å². The smallest absolute Gasteiger partial charge is 0.407 e. The molecule has 1 N–H and O–H groups in total. The third-order valence-electron chi connectivity index (χ3n) is 4.42. The maximum absolute atomic E-state index is 12.8. The van der Waals surface area contributed by atoms with Gasteiger partial charge in [0.25, 0.3) is 10.0 Å². The highest BCUT2D eigenvalue weighted by atomic mass is 32.2. The molecule has 1 aromatic rings. The van der Waals surface area contributed by atoms with Gasteiger partial charge >= 0.3 is 12.1 Å². The van der Waals surface area contributed by atoms with E-state index in [1.54, 1.807) is 25.7 Å². The SMILES string of the molecule is COC(=O)c1csc(S(=O)(=O)N2CCN(C(=O)CCCNC(=O)OC(C)(C)C)CC2)c1. The number of thiophene rings is 1. The van der Waals surface area contributed by atoms with Crippen molar-refractivity contribution in [2.75, 3.05) is 39.8 Å². The topological polar surface area (TPSA) is 122 Å². The van der Waals surface area contributed by atoms with Crippen molar-refractivity contribution in [2.24, 2.45) is 0 Å². The summed E-state index contributed by atoms with van der Waals surface area (Å²) < 4.78 is 36.7. The van der Waals surface area contributed by atoms with Gasteiger partial charge in [0.15, 0.2) is 0 Å². The summed E-state index contributed by atoms with van der Waals surface area (Å²) in [7, 11) is -2.50. The lowest BCUT2D eigenvalue weighted by molar-refractivity contribution is -0.132. The zero-order valence-corrected chi connectivity index (χ0v) is 19.8. The molecule has 0 aromatic carbocycles. The third-order valence-corrected chi connectivity index (χ3v) is 7.73. The van der Waals surface area contributed by atoms with Gasteiger partial charge in [0.05, 0.1) is 12.7 Å². The number of hydrogen-bond acceptors (Lipinski definition) is 8. The summed E-state index contributed by atoms with van der Waals surface area (Å²) in [4.78, 5) is 37.1. The summed E-state index contributed by atoms with van der Waals surface area (Å²) in [5.74, 6) is -0.679. The minimum absolute atomic E-state index is 0.0703. The van der Waals surface area contributed by atoms with Crippen molar-refractivity contribution >= 4 is 39.3 Å². The zero-order valence-electron chi connectivity index (χ0n) is 18.2. The molecule has 12 heteroatoms. The van der Waals surface area contributed by atoms with Gasteiger partial charge in [-0.15, -0.1) is 11.3 Å². The first-order valence-corrected chi connectivity index (χ1v) is 12.2. The maximum Gasteiger partial charge on any atom is 0.407 e. The van der Waals surface area contributed by atoms with Gasteiger partial charge in [-0.05, 0) is 33.3 Å². The van der Waals surface area contributed by atoms with Gasteiger partial charge in [0.1, 0.15) is 9.81 Å². The van der Waals surface area contributed by atoms with Crippen molar-refractivity contribution in [3.8, 4) is 0 Å². The second-order valence-corrected chi connectivity index (χ2v) is 11.0. The molecule has 174 valence electrons. The normalized spacial score (nSPS) is 15.4. The van der Waals surface area contributed by atoms with E-state index in [1.165, 1.54) is 22.9 Å². The van der Waals surface area contributed by atoms with Crippen molar-refractivity contribution in [3.63, 3.8) is 0 Å². The van der Waals surface area contributed by atoms with E-state index in [0.717, 1.165) is 11.3 Å². The van der Waals surface area contributed by atoms with Crippen LogP contribution in [0.2, 0.25) is 0 Å². The summed E-state index contributed by atoms with van der Waals surface area (Å²) in [5, 5.41) is 4.05.